The first kappa shape index (κ1) is 21.7. The van der Waals surface area contributed by atoms with E-state index < -0.39 is 0 Å². The SMILES string of the molecule is Cc1nc(-n2ccc(OCc3ccc(Cl)nc3)cc2=O)sc1C(=O)NCc1ccccc1. The lowest BCUT2D eigenvalue weighted by atomic mass is 10.2. The van der Waals surface area contributed by atoms with Crippen LogP contribution in [0.15, 0.2) is 71.8 Å². The van der Waals surface area contributed by atoms with E-state index in [-0.39, 0.29) is 18.1 Å². The van der Waals surface area contributed by atoms with Crippen molar-refractivity contribution < 1.29 is 9.53 Å². The summed E-state index contributed by atoms with van der Waals surface area (Å²) in [5.74, 6) is 0.204. The predicted molar refractivity (Wildman–Crippen MR) is 124 cm³/mol. The number of carbonyl (C=O) groups excluding carboxylic acids is 1. The Balaban J connectivity index is 1.44. The molecule has 0 saturated heterocycles. The molecular weight excluding hydrogens is 448 g/mol. The van der Waals surface area contributed by atoms with Crippen LogP contribution in [0.1, 0.15) is 26.5 Å². The lowest BCUT2D eigenvalue weighted by molar-refractivity contribution is 0.0954. The Kier molecular flexibility index (Phi) is 6.63. The van der Waals surface area contributed by atoms with Gasteiger partial charge in [0.05, 0.1) is 5.69 Å². The van der Waals surface area contributed by atoms with Crippen LogP contribution in [0.5, 0.6) is 5.75 Å². The van der Waals surface area contributed by atoms with Gasteiger partial charge in [-0.2, -0.15) is 0 Å². The second kappa shape index (κ2) is 9.76. The van der Waals surface area contributed by atoms with E-state index in [1.54, 1.807) is 37.5 Å². The number of aryl methyl sites for hydroxylation is 1. The van der Waals surface area contributed by atoms with Crippen molar-refractivity contribution in [2.75, 3.05) is 0 Å². The number of thiazole rings is 1. The Morgan fingerprint density at radius 2 is 1.97 bits per heavy atom. The molecule has 0 unspecified atom stereocenters. The number of carbonyl (C=O) groups is 1. The number of hydrogen-bond acceptors (Lipinski definition) is 6. The number of hydrogen-bond donors (Lipinski definition) is 1. The minimum atomic E-state index is -0.304. The number of nitrogens with one attached hydrogen (secondary N) is 1. The first-order valence-corrected chi connectivity index (χ1v) is 10.9. The van der Waals surface area contributed by atoms with Gasteiger partial charge in [0.1, 0.15) is 22.4 Å². The van der Waals surface area contributed by atoms with Crippen molar-refractivity contribution in [1.29, 1.82) is 0 Å². The van der Waals surface area contributed by atoms with Gasteiger partial charge < -0.3 is 10.1 Å². The molecule has 0 radical (unpaired) electrons. The molecule has 1 amide bonds. The van der Waals surface area contributed by atoms with E-state index >= 15 is 0 Å². The van der Waals surface area contributed by atoms with Crippen LogP contribution in [0.25, 0.3) is 5.13 Å². The highest BCUT2D eigenvalue weighted by Crippen LogP contribution is 2.21. The number of amides is 1. The molecule has 0 spiro atoms. The topological polar surface area (TPSA) is 86.1 Å². The largest absolute Gasteiger partial charge is 0.489 e. The molecular formula is C23H19ClN4O3S. The lowest BCUT2D eigenvalue weighted by Crippen LogP contribution is -2.22. The molecule has 32 heavy (non-hydrogen) atoms. The van der Waals surface area contributed by atoms with E-state index in [0.29, 0.717) is 33.2 Å². The number of aromatic nitrogens is 3. The van der Waals surface area contributed by atoms with Crippen LogP contribution in [-0.2, 0) is 13.2 Å². The number of ether oxygens (including phenoxy) is 1. The highest BCUT2D eigenvalue weighted by molar-refractivity contribution is 7.16. The van der Waals surface area contributed by atoms with Crippen LogP contribution in [0.4, 0.5) is 0 Å². The smallest absolute Gasteiger partial charge is 0.263 e. The highest BCUT2D eigenvalue weighted by Gasteiger charge is 2.17. The zero-order valence-corrected chi connectivity index (χ0v) is 18.7. The Morgan fingerprint density at radius 3 is 2.69 bits per heavy atom. The van der Waals surface area contributed by atoms with Crippen molar-refractivity contribution in [2.24, 2.45) is 0 Å². The van der Waals surface area contributed by atoms with Crippen molar-refractivity contribution in [3.63, 3.8) is 0 Å². The normalized spacial score (nSPS) is 10.7. The number of pyridine rings is 2. The van der Waals surface area contributed by atoms with Gasteiger partial charge in [-0.15, -0.1) is 0 Å². The maximum Gasteiger partial charge on any atom is 0.263 e. The van der Waals surface area contributed by atoms with Crippen LogP contribution < -0.4 is 15.6 Å². The van der Waals surface area contributed by atoms with Gasteiger partial charge in [-0.25, -0.2) is 9.97 Å². The minimum absolute atomic E-state index is 0.223. The predicted octanol–water partition coefficient (Wildman–Crippen LogP) is 4.16. The lowest BCUT2D eigenvalue weighted by Gasteiger charge is -2.07. The molecule has 0 aliphatic carbocycles. The van der Waals surface area contributed by atoms with E-state index in [1.807, 2.05) is 30.3 Å². The van der Waals surface area contributed by atoms with Gasteiger partial charge in [0.15, 0.2) is 5.13 Å². The molecule has 4 aromatic rings. The molecule has 3 aromatic heterocycles. The molecule has 9 heteroatoms. The van der Waals surface area contributed by atoms with Crippen molar-refractivity contribution in [2.45, 2.75) is 20.1 Å². The molecule has 1 N–H and O–H groups in total. The van der Waals surface area contributed by atoms with E-state index in [9.17, 15) is 9.59 Å². The van der Waals surface area contributed by atoms with Crippen molar-refractivity contribution in [3.8, 4) is 10.9 Å². The molecule has 0 aliphatic rings. The molecule has 4 rings (SSSR count). The summed E-state index contributed by atoms with van der Waals surface area (Å²) in [7, 11) is 0. The molecule has 0 bridgehead atoms. The number of benzene rings is 1. The molecule has 0 fully saturated rings. The van der Waals surface area contributed by atoms with E-state index in [0.717, 1.165) is 11.1 Å². The number of nitrogens with zero attached hydrogens (tertiary/aromatic N) is 3. The van der Waals surface area contributed by atoms with Crippen LogP contribution in [0.3, 0.4) is 0 Å². The van der Waals surface area contributed by atoms with Crippen molar-refractivity contribution in [3.05, 3.63) is 104 Å². The maximum absolute atomic E-state index is 12.6. The molecule has 0 saturated carbocycles. The molecule has 7 nitrogen and oxygen atoms in total. The fourth-order valence-electron chi connectivity index (χ4n) is 2.92. The average Bonchev–Trinajstić information content (AvgIpc) is 3.19. The fraction of sp³-hybridized carbons (Fsp3) is 0.130. The summed E-state index contributed by atoms with van der Waals surface area (Å²) >= 11 is 6.94. The van der Waals surface area contributed by atoms with Gasteiger partial charge in [-0.1, -0.05) is 59.3 Å². The highest BCUT2D eigenvalue weighted by atomic mass is 35.5. The Morgan fingerprint density at radius 1 is 1.16 bits per heavy atom. The molecule has 0 atom stereocenters. The third-order valence-electron chi connectivity index (χ3n) is 4.58. The van der Waals surface area contributed by atoms with Crippen molar-refractivity contribution >= 4 is 28.8 Å². The summed E-state index contributed by atoms with van der Waals surface area (Å²) in [6, 6.07) is 16.2. The Labute approximate surface area is 193 Å². The monoisotopic (exact) mass is 466 g/mol. The molecule has 0 aliphatic heterocycles. The van der Waals surface area contributed by atoms with Crippen LogP contribution >= 0.6 is 22.9 Å². The van der Waals surface area contributed by atoms with Gasteiger partial charge in [0, 0.05) is 30.6 Å². The van der Waals surface area contributed by atoms with E-state index in [2.05, 4.69) is 15.3 Å². The molecule has 3 heterocycles. The summed E-state index contributed by atoms with van der Waals surface area (Å²) in [6.45, 7) is 2.43. The number of rotatable bonds is 7. The number of halogens is 1. The fourth-order valence-corrected chi connectivity index (χ4v) is 4.01. The average molecular weight is 467 g/mol. The van der Waals surface area contributed by atoms with Crippen LogP contribution in [-0.4, -0.2) is 20.4 Å². The van der Waals surface area contributed by atoms with Crippen molar-refractivity contribution in [1.82, 2.24) is 19.9 Å². The van der Waals surface area contributed by atoms with Gasteiger partial charge >= 0.3 is 0 Å². The zero-order chi connectivity index (χ0) is 22.5. The Bertz CT molecular complexity index is 1290. The standard InChI is InChI=1S/C23H19ClN4O3S/c1-15-21(22(30)26-12-16-5-3-2-4-6-16)32-23(27-15)28-10-9-18(11-20(28)29)31-14-17-7-8-19(24)25-13-17/h2-11,13H,12,14H2,1H3,(H,26,30). The quantitative estimate of drug-likeness (QED) is 0.413. The summed E-state index contributed by atoms with van der Waals surface area (Å²) in [4.78, 5) is 34.1. The third kappa shape index (κ3) is 5.22. The van der Waals surface area contributed by atoms with Crippen LogP contribution in [0, 0.1) is 6.92 Å². The minimum Gasteiger partial charge on any atom is -0.489 e. The van der Waals surface area contributed by atoms with Gasteiger partial charge in [-0.3, -0.25) is 14.2 Å². The van der Waals surface area contributed by atoms with Crippen LogP contribution in [0.2, 0.25) is 5.15 Å². The van der Waals surface area contributed by atoms with E-state index in [4.69, 9.17) is 16.3 Å². The maximum atomic E-state index is 12.6. The summed E-state index contributed by atoms with van der Waals surface area (Å²) < 4.78 is 7.06. The second-order valence-electron chi connectivity index (χ2n) is 6.93. The summed E-state index contributed by atoms with van der Waals surface area (Å²) in [6.07, 6.45) is 3.20. The van der Waals surface area contributed by atoms with Gasteiger partial charge in [0.25, 0.3) is 11.5 Å². The molecule has 1 aromatic carbocycles. The zero-order valence-electron chi connectivity index (χ0n) is 17.1. The third-order valence-corrected chi connectivity index (χ3v) is 5.96. The first-order valence-electron chi connectivity index (χ1n) is 9.75. The summed E-state index contributed by atoms with van der Waals surface area (Å²) in [5, 5.41) is 3.72. The first-order chi connectivity index (χ1) is 15.5. The van der Waals surface area contributed by atoms with E-state index in [1.165, 1.54) is 22.0 Å². The van der Waals surface area contributed by atoms with Gasteiger partial charge in [-0.05, 0) is 24.6 Å². The Hall–Kier alpha value is -3.49. The van der Waals surface area contributed by atoms with Gasteiger partial charge in [0.2, 0.25) is 0 Å². The molecule has 162 valence electrons. The summed E-state index contributed by atoms with van der Waals surface area (Å²) in [5.41, 5.74) is 2.10. The second-order valence-corrected chi connectivity index (χ2v) is 8.29.